The van der Waals surface area contributed by atoms with E-state index in [0.29, 0.717) is 17.8 Å². The summed E-state index contributed by atoms with van der Waals surface area (Å²) < 4.78 is 10.4. The first kappa shape index (κ1) is 18.0. The zero-order valence-corrected chi connectivity index (χ0v) is 14.5. The summed E-state index contributed by atoms with van der Waals surface area (Å²) >= 11 is 0. The summed E-state index contributed by atoms with van der Waals surface area (Å²) in [4.78, 5) is 36.0. The molecule has 0 spiro atoms. The number of rotatable bonds is 5. The minimum absolute atomic E-state index is 0.00197. The topological polar surface area (TPSA) is 69.7 Å². The molecule has 0 aromatic heterocycles. The van der Waals surface area contributed by atoms with Crippen LogP contribution in [0.1, 0.15) is 53.4 Å². The average molecular weight is 324 g/mol. The summed E-state index contributed by atoms with van der Waals surface area (Å²) in [7, 11) is 0. The zero-order valence-electron chi connectivity index (χ0n) is 14.5. The monoisotopic (exact) mass is 324 g/mol. The quantitative estimate of drug-likeness (QED) is 0.574. The Labute approximate surface area is 138 Å². The number of esters is 2. The van der Waals surface area contributed by atoms with E-state index < -0.39 is 23.8 Å². The lowest BCUT2D eigenvalue weighted by Gasteiger charge is -2.40. The molecular weight excluding hydrogens is 296 g/mol. The lowest BCUT2D eigenvalue weighted by Crippen LogP contribution is -2.42. The zero-order chi connectivity index (χ0) is 17.1. The Morgan fingerprint density at radius 2 is 2.00 bits per heavy atom. The van der Waals surface area contributed by atoms with Crippen LogP contribution in [0, 0.1) is 29.6 Å². The Bertz CT molecular complexity index is 470. The van der Waals surface area contributed by atoms with Gasteiger partial charge in [0.1, 0.15) is 6.10 Å². The van der Waals surface area contributed by atoms with Gasteiger partial charge in [0.25, 0.3) is 0 Å². The van der Waals surface area contributed by atoms with Gasteiger partial charge < -0.3 is 9.47 Å². The fraction of sp³-hybridized carbons (Fsp3) is 0.833. The molecule has 0 bridgehead atoms. The van der Waals surface area contributed by atoms with Gasteiger partial charge in [-0.3, -0.25) is 9.59 Å². The molecule has 5 heteroatoms. The SMILES string of the molecule is CCOC(=O)C(=O)[C@@H]1CC(=O)O[C@H]1C1CC(C)CCC1C(C)C. The molecule has 1 heterocycles. The van der Waals surface area contributed by atoms with Crippen LogP contribution in [0.5, 0.6) is 0 Å². The van der Waals surface area contributed by atoms with E-state index in [2.05, 4.69) is 20.8 Å². The molecule has 0 radical (unpaired) electrons. The van der Waals surface area contributed by atoms with Gasteiger partial charge in [0.15, 0.2) is 0 Å². The summed E-state index contributed by atoms with van der Waals surface area (Å²) in [5, 5.41) is 0. The van der Waals surface area contributed by atoms with Crippen molar-refractivity contribution >= 4 is 17.7 Å². The number of ether oxygens (including phenoxy) is 2. The normalized spacial score (nSPS) is 34.3. The molecule has 1 aliphatic carbocycles. The Hall–Kier alpha value is -1.39. The lowest BCUT2D eigenvalue weighted by molar-refractivity contribution is -0.157. The van der Waals surface area contributed by atoms with E-state index >= 15 is 0 Å². The van der Waals surface area contributed by atoms with Crippen molar-refractivity contribution in [2.24, 2.45) is 29.6 Å². The molecule has 5 atom stereocenters. The molecule has 3 unspecified atom stereocenters. The standard InChI is InChI=1S/C18H28O5/c1-5-22-18(21)16(20)14-9-15(19)23-17(14)13-8-11(4)6-7-12(13)10(2)3/h10-14,17H,5-9H2,1-4H3/t11?,12?,13?,14-,17-/m0/s1. The molecular formula is C18H28O5. The van der Waals surface area contributed by atoms with Crippen LogP contribution in [0.4, 0.5) is 0 Å². The third-order valence-electron chi connectivity index (χ3n) is 5.36. The van der Waals surface area contributed by atoms with Gasteiger partial charge in [0.2, 0.25) is 5.78 Å². The summed E-state index contributed by atoms with van der Waals surface area (Å²) in [6.45, 7) is 8.37. The van der Waals surface area contributed by atoms with Gasteiger partial charge in [-0.2, -0.15) is 0 Å². The Morgan fingerprint density at radius 3 is 2.61 bits per heavy atom. The van der Waals surface area contributed by atoms with Crippen molar-refractivity contribution in [1.82, 2.24) is 0 Å². The van der Waals surface area contributed by atoms with E-state index in [1.807, 2.05) is 0 Å². The molecule has 23 heavy (non-hydrogen) atoms. The molecule has 5 nitrogen and oxygen atoms in total. The third-order valence-corrected chi connectivity index (χ3v) is 5.36. The fourth-order valence-electron chi connectivity index (χ4n) is 4.21. The average Bonchev–Trinajstić information content (AvgIpc) is 2.88. The van der Waals surface area contributed by atoms with E-state index in [-0.39, 0.29) is 24.9 Å². The highest BCUT2D eigenvalue weighted by molar-refractivity contribution is 6.35. The second-order valence-electron chi connectivity index (χ2n) is 7.34. The van der Waals surface area contributed by atoms with E-state index in [1.54, 1.807) is 6.92 Å². The smallest absolute Gasteiger partial charge is 0.375 e. The van der Waals surface area contributed by atoms with Gasteiger partial charge in [-0.25, -0.2) is 4.79 Å². The second-order valence-corrected chi connectivity index (χ2v) is 7.34. The molecule has 2 fully saturated rings. The number of Topliss-reactive ketones (excluding diaryl/α,β-unsaturated/α-hetero) is 1. The third kappa shape index (κ3) is 3.93. The number of hydrogen-bond donors (Lipinski definition) is 0. The number of hydrogen-bond acceptors (Lipinski definition) is 5. The Balaban J connectivity index is 2.21. The van der Waals surface area contributed by atoms with Gasteiger partial charge >= 0.3 is 11.9 Å². The summed E-state index contributed by atoms with van der Waals surface area (Å²) in [6, 6.07) is 0. The molecule has 2 rings (SSSR count). The first-order valence-electron chi connectivity index (χ1n) is 8.75. The molecule has 0 N–H and O–H groups in total. The molecule has 0 amide bonds. The van der Waals surface area contributed by atoms with E-state index in [0.717, 1.165) is 19.3 Å². The maximum absolute atomic E-state index is 12.4. The lowest BCUT2D eigenvalue weighted by atomic mass is 9.66. The second kappa shape index (κ2) is 7.45. The highest BCUT2D eigenvalue weighted by Gasteiger charge is 2.49. The van der Waals surface area contributed by atoms with Gasteiger partial charge in [-0.15, -0.1) is 0 Å². The largest absolute Gasteiger partial charge is 0.461 e. The van der Waals surface area contributed by atoms with Crippen molar-refractivity contribution < 1.29 is 23.9 Å². The predicted molar refractivity (Wildman–Crippen MR) is 84.5 cm³/mol. The highest BCUT2D eigenvalue weighted by atomic mass is 16.6. The molecule has 1 saturated heterocycles. The number of carbonyl (C=O) groups is 3. The van der Waals surface area contributed by atoms with Crippen molar-refractivity contribution in [3.8, 4) is 0 Å². The molecule has 2 aliphatic rings. The van der Waals surface area contributed by atoms with Crippen molar-refractivity contribution in [1.29, 1.82) is 0 Å². The van der Waals surface area contributed by atoms with Gasteiger partial charge in [0, 0.05) is 5.92 Å². The summed E-state index contributed by atoms with van der Waals surface area (Å²) in [5.41, 5.74) is 0. The molecule has 1 saturated carbocycles. The van der Waals surface area contributed by atoms with E-state index in [9.17, 15) is 14.4 Å². The van der Waals surface area contributed by atoms with E-state index in [4.69, 9.17) is 9.47 Å². The maximum atomic E-state index is 12.4. The van der Waals surface area contributed by atoms with Crippen LogP contribution in [0.25, 0.3) is 0 Å². The first-order chi connectivity index (χ1) is 10.8. The minimum Gasteiger partial charge on any atom is -0.461 e. The number of cyclic esters (lactones) is 1. The molecule has 0 aromatic rings. The van der Waals surface area contributed by atoms with Crippen LogP contribution >= 0.6 is 0 Å². The Kier molecular flexibility index (Phi) is 5.82. The van der Waals surface area contributed by atoms with Crippen LogP contribution in [0.15, 0.2) is 0 Å². The number of carbonyl (C=O) groups excluding carboxylic acids is 3. The van der Waals surface area contributed by atoms with Crippen LogP contribution in [0.3, 0.4) is 0 Å². The van der Waals surface area contributed by atoms with Crippen LogP contribution in [0.2, 0.25) is 0 Å². The van der Waals surface area contributed by atoms with Crippen LogP contribution < -0.4 is 0 Å². The first-order valence-corrected chi connectivity index (χ1v) is 8.75. The minimum atomic E-state index is -0.842. The van der Waals surface area contributed by atoms with Gasteiger partial charge in [0.05, 0.1) is 18.9 Å². The van der Waals surface area contributed by atoms with Crippen molar-refractivity contribution in [2.75, 3.05) is 6.61 Å². The van der Waals surface area contributed by atoms with Crippen LogP contribution in [-0.4, -0.2) is 30.4 Å². The van der Waals surface area contributed by atoms with Crippen molar-refractivity contribution in [2.45, 2.75) is 59.5 Å². The highest BCUT2D eigenvalue weighted by Crippen LogP contribution is 2.44. The van der Waals surface area contributed by atoms with Crippen LogP contribution in [-0.2, 0) is 23.9 Å². The number of ketones is 1. The fourth-order valence-corrected chi connectivity index (χ4v) is 4.21. The van der Waals surface area contributed by atoms with E-state index in [1.165, 1.54) is 0 Å². The summed E-state index contributed by atoms with van der Waals surface area (Å²) in [5.74, 6) is -0.934. The summed E-state index contributed by atoms with van der Waals surface area (Å²) in [6.07, 6.45) is 2.70. The predicted octanol–water partition coefficient (Wildman–Crippen LogP) is 2.76. The van der Waals surface area contributed by atoms with Gasteiger partial charge in [-0.05, 0) is 37.5 Å². The molecule has 1 aliphatic heterocycles. The molecule has 0 aromatic carbocycles. The van der Waals surface area contributed by atoms with Crippen molar-refractivity contribution in [3.05, 3.63) is 0 Å². The van der Waals surface area contributed by atoms with Gasteiger partial charge in [-0.1, -0.05) is 27.2 Å². The molecule has 130 valence electrons. The Morgan fingerprint density at radius 1 is 1.30 bits per heavy atom. The maximum Gasteiger partial charge on any atom is 0.375 e. The van der Waals surface area contributed by atoms with Crippen molar-refractivity contribution in [3.63, 3.8) is 0 Å².